The number of unbranched alkanes of at least 4 members (excludes halogenated alkanes) is 3. The van der Waals surface area contributed by atoms with E-state index in [1.807, 2.05) is 0 Å². The van der Waals surface area contributed by atoms with Crippen LogP contribution >= 0.6 is 0 Å². The van der Waals surface area contributed by atoms with Crippen LogP contribution in [0.5, 0.6) is 0 Å². The zero-order valence-corrected chi connectivity index (χ0v) is 20.6. The van der Waals surface area contributed by atoms with Gasteiger partial charge in [0.15, 0.2) is 24.3 Å². The van der Waals surface area contributed by atoms with Gasteiger partial charge in [-0.3, -0.25) is 0 Å². The van der Waals surface area contributed by atoms with Crippen LogP contribution in [0.3, 0.4) is 0 Å². The predicted octanol–water partition coefficient (Wildman–Crippen LogP) is 8.82. The maximum Gasteiger partial charge on any atom is 0.460 e. The van der Waals surface area contributed by atoms with E-state index in [0.29, 0.717) is 0 Å². The molecule has 0 saturated carbocycles. The second kappa shape index (κ2) is 13.7. The van der Waals surface area contributed by atoms with Gasteiger partial charge < -0.3 is 0 Å². The molecule has 0 heterocycles. The van der Waals surface area contributed by atoms with E-state index in [1.54, 1.807) is 0 Å². The predicted molar refractivity (Wildman–Crippen MR) is 98.7 cm³/mol. The van der Waals surface area contributed by atoms with Crippen LogP contribution in [-0.2, 0) is 10.2 Å². The molecule has 44 heavy (non-hydrogen) atoms. The first-order valence-electron chi connectivity index (χ1n) is 10.9. The second-order valence-corrected chi connectivity index (χ2v) is 8.58. The van der Waals surface area contributed by atoms with Crippen LogP contribution < -0.4 is 11.5 Å². The van der Waals surface area contributed by atoms with Crippen LogP contribution in [0.4, 0.5) is 87.8 Å². The molecule has 0 aliphatic heterocycles. The summed E-state index contributed by atoms with van der Waals surface area (Å²) in [6.07, 6.45) is -30.7. The van der Waals surface area contributed by atoms with E-state index in [1.165, 1.54) is 0 Å². The average molecular weight is 694 g/mol. The number of halogens is 20. The largest absolute Gasteiger partial charge is 0.460 e. The molecule has 0 rings (SSSR count). The molecule has 0 saturated heterocycles. The van der Waals surface area contributed by atoms with E-state index >= 15 is 0 Å². The molecule has 10 radical (unpaired) electrons. The van der Waals surface area contributed by atoms with E-state index in [2.05, 4.69) is 0 Å². The quantitative estimate of drug-likeness (QED) is 0.108. The van der Waals surface area contributed by atoms with Gasteiger partial charge >= 0.3 is 47.9 Å². The molecule has 0 aromatic rings. The monoisotopic (exact) mass is 694 g/mol. The molecule has 4 nitrogen and oxygen atoms in total. The maximum atomic E-state index is 13.7. The van der Waals surface area contributed by atoms with Crippen molar-refractivity contribution in [2.24, 2.45) is 0 Å². The minimum absolute atomic E-state index is 0.510. The zero-order chi connectivity index (χ0) is 35.7. The van der Waals surface area contributed by atoms with Crippen LogP contribution in [0.2, 0.25) is 0 Å². The summed E-state index contributed by atoms with van der Waals surface area (Å²) in [5, 5.41) is 23.0. The molecule has 0 aliphatic rings. The molecule has 0 amide bonds. The summed E-state index contributed by atoms with van der Waals surface area (Å²) in [6.45, 7) is 0. The van der Waals surface area contributed by atoms with Crippen LogP contribution in [0, 0.1) is 36.6 Å². The van der Waals surface area contributed by atoms with Gasteiger partial charge in [-0.25, -0.2) is 30.5 Å². The van der Waals surface area contributed by atoms with E-state index in [9.17, 15) is 98.0 Å². The third kappa shape index (κ3) is 7.86. The Labute approximate surface area is 233 Å². The number of hydrogen-bond acceptors (Lipinski definition) is 0. The number of nitrogens with one attached hydrogen (secondary N) is 2. The summed E-state index contributed by atoms with van der Waals surface area (Å²) < 4.78 is 258. The minimum atomic E-state index is -7.50. The Morgan fingerprint density at radius 2 is 0.636 bits per heavy atom. The van der Waals surface area contributed by atoms with Gasteiger partial charge in [0.05, 0.1) is 0 Å². The lowest BCUT2D eigenvalue weighted by molar-refractivity contribution is -0.393. The molecule has 0 bridgehead atoms. The van der Waals surface area contributed by atoms with Gasteiger partial charge in [0.2, 0.25) is 12.3 Å². The lowest BCUT2D eigenvalue weighted by Crippen LogP contribution is -2.63. The summed E-state index contributed by atoms with van der Waals surface area (Å²) in [5.74, 6) is -43.7. The summed E-state index contributed by atoms with van der Waals surface area (Å²) in [5.41, 5.74) is 13.1. The Morgan fingerprint density at radius 1 is 0.409 bits per heavy atom. The average Bonchev–Trinajstić information content (AvgIpc) is 2.86. The van der Waals surface area contributed by atoms with Crippen molar-refractivity contribution in [3.63, 3.8) is 0 Å². The van der Waals surface area contributed by atoms with E-state index in [0.717, 1.165) is 0 Å². The highest BCUT2D eigenvalue weighted by molar-refractivity contribution is 5.28. The van der Waals surface area contributed by atoms with Crippen molar-refractivity contribution in [1.29, 1.82) is 0 Å². The smallest absolute Gasteiger partial charge is 0.239 e. The molecular formula is C20H14F20N2O2. The lowest BCUT2D eigenvalue weighted by atomic mass is 9.90. The molecule has 24 heteroatoms. The molecule has 0 unspecified atom stereocenters. The summed E-state index contributed by atoms with van der Waals surface area (Å²) in [7, 11) is 0. The fraction of sp³-hybridized carbons (Fsp3) is 0.700. The van der Waals surface area contributed by atoms with Crippen molar-refractivity contribution in [3.05, 3.63) is 36.6 Å². The van der Waals surface area contributed by atoms with Gasteiger partial charge in [0, 0.05) is 0 Å². The van der Waals surface area contributed by atoms with Crippen molar-refractivity contribution in [3.8, 4) is 0 Å². The molecule has 256 valence electrons. The molecule has 2 N–H and O–H groups in total. The van der Waals surface area contributed by atoms with Crippen molar-refractivity contribution in [1.82, 2.24) is 11.5 Å². The Kier molecular flexibility index (Phi) is 13.2. The topological polar surface area (TPSA) is 87.4 Å². The maximum absolute atomic E-state index is 13.7. The fourth-order valence-electron chi connectivity index (χ4n) is 2.76. The summed E-state index contributed by atoms with van der Waals surface area (Å²) in [4.78, 5) is 0. The Balaban J connectivity index is 5.06. The van der Waals surface area contributed by atoms with Gasteiger partial charge in [-0.05, 0) is 12.8 Å². The van der Waals surface area contributed by atoms with E-state index in [4.69, 9.17) is 11.5 Å². The van der Waals surface area contributed by atoms with Crippen LogP contribution in [-0.4, -0.2) is 47.9 Å². The SMILES string of the molecule is [NH][C]([C](F)[C]([O])CCCCCC[C]([O])[C](F)[C]([NH])C(F)(F)C(F)(F)C(F)(F)C(F)(F)F)C(F)(F)C(F)(F)C(F)(F)C(F)(F)F. The van der Waals surface area contributed by atoms with Gasteiger partial charge in [-0.1, -0.05) is 25.7 Å². The highest BCUT2D eigenvalue weighted by atomic mass is 19.4. The van der Waals surface area contributed by atoms with Crippen LogP contribution in [0.25, 0.3) is 0 Å². The molecule has 0 atom stereocenters. The molecular weight excluding hydrogens is 680 g/mol. The zero-order valence-electron chi connectivity index (χ0n) is 20.6. The number of hydrogen-bond donors (Lipinski definition) is 0. The summed E-state index contributed by atoms with van der Waals surface area (Å²) >= 11 is 0. The van der Waals surface area contributed by atoms with E-state index in [-0.39, 0.29) is 0 Å². The molecule has 0 aromatic carbocycles. The van der Waals surface area contributed by atoms with Crippen LogP contribution in [0.1, 0.15) is 38.5 Å². The van der Waals surface area contributed by atoms with Gasteiger partial charge in [0.1, 0.15) is 0 Å². The second-order valence-electron chi connectivity index (χ2n) is 8.58. The Bertz CT molecular complexity index is 837. The fourth-order valence-corrected chi connectivity index (χ4v) is 2.76. The third-order valence-electron chi connectivity index (χ3n) is 5.40. The van der Waals surface area contributed by atoms with Crippen molar-refractivity contribution < 1.29 is 98.0 Å². The Morgan fingerprint density at radius 3 is 0.841 bits per heavy atom. The molecule has 0 aromatic heterocycles. The third-order valence-corrected chi connectivity index (χ3v) is 5.40. The number of alkyl halides is 18. The van der Waals surface area contributed by atoms with Crippen LogP contribution in [0.15, 0.2) is 0 Å². The first kappa shape index (κ1) is 42.4. The molecule has 0 aliphatic carbocycles. The standard InChI is InChI=1S/C20H14F20N2O2/c21-9(11(41)13(23,24)15(27,28)17(31,32)19(35,36)37)7(43)5-3-1-2-4-6-8(44)10(22)12(42)14(25,26)16(29,30)18(33,34)20(38,39)40/h41-42H,1-6H2. The van der Waals surface area contributed by atoms with Crippen molar-refractivity contribution in [2.75, 3.05) is 0 Å². The van der Waals surface area contributed by atoms with E-state index < -0.39 is 123 Å². The van der Waals surface area contributed by atoms with Gasteiger partial charge in [0.25, 0.3) is 0 Å². The highest BCUT2D eigenvalue weighted by Crippen LogP contribution is 2.58. The summed E-state index contributed by atoms with van der Waals surface area (Å²) in [6, 6.07) is -7.10. The highest BCUT2D eigenvalue weighted by Gasteiger charge is 2.85. The molecule has 0 spiro atoms. The van der Waals surface area contributed by atoms with Gasteiger partial charge in [-0.15, -0.1) is 0 Å². The molecule has 0 fully saturated rings. The van der Waals surface area contributed by atoms with Gasteiger partial charge in [-0.2, -0.15) is 79.0 Å². The first-order chi connectivity index (χ1) is 19.2. The lowest BCUT2D eigenvalue weighted by Gasteiger charge is -2.36. The minimum Gasteiger partial charge on any atom is -0.239 e. The normalized spacial score (nSPS) is 15.7. The number of rotatable bonds is 17. The first-order valence-corrected chi connectivity index (χ1v) is 10.9. The Hall–Kier alpha value is -1.56. The van der Waals surface area contributed by atoms with Crippen molar-refractivity contribution in [2.45, 2.75) is 86.4 Å². The van der Waals surface area contributed by atoms with Crippen molar-refractivity contribution >= 4 is 0 Å².